The van der Waals surface area contributed by atoms with Gasteiger partial charge in [0.05, 0.1) is 12.2 Å². The van der Waals surface area contributed by atoms with Crippen LogP contribution in [0.3, 0.4) is 0 Å². The highest BCUT2D eigenvalue weighted by Gasteiger charge is 2.42. The van der Waals surface area contributed by atoms with Crippen molar-refractivity contribution in [2.24, 2.45) is 11.3 Å². The number of carbonyl (C=O) groups excluding carboxylic acids is 1. The van der Waals surface area contributed by atoms with E-state index in [0.717, 1.165) is 12.8 Å². The number of ketones is 1. The molecule has 2 rings (SSSR count). The van der Waals surface area contributed by atoms with Gasteiger partial charge in [-0.25, -0.2) is 0 Å². The van der Waals surface area contributed by atoms with Gasteiger partial charge in [0.2, 0.25) is 0 Å². The van der Waals surface area contributed by atoms with Crippen molar-refractivity contribution in [3.63, 3.8) is 0 Å². The summed E-state index contributed by atoms with van der Waals surface area (Å²) in [6, 6.07) is 0. The monoisotopic (exact) mass is 210 g/mol. The van der Waals surface area contributed by atoms with Crippen LogP contribution in [0.15, 0.2) is 0 Å². The first-order chi connectivity index (χ1) is 6.98. The molecule has 0 N–H and O–H groups in total. The highest BCUT2D eigenvalue weighted by Crippen LogP contribution is 2.38. The smallest absolute Gasteiger partial charge is 0.141 e. The van der Waals surface area contributed by atoms with Crippen LogP contribution >= 0.6 is 0 Å². The van der Waals surface area contributed by atoms with Crippen molar-refractivity contribution < 1.29 is 9.53 Å². The topological polar surface area (TPSA) is 26.3 Å². The second-order valence-electron chi connectivity index (χ2n) is 6.09. The molecule has 2 heteroatoms. The maximum atomic E-state index is 12.0. The van der Waals surface area contributed by atoms with Gasteiger partial charge in [0, 0.05) is 12.3 Å². The SMILES string of the molecule is CC(C)(C)[C@H]1CC(=O)[C@H]2CCCC[C@H]2O1. The maximum absolute atomic E-state index is 12.0. The first kappa shape index (κ1) is 11.1. The first-order valence-electron chi connectivity index (χ1n) is 6.16. The standard InChI is InChI=1S/C13H22O2/c1-13(2,3)12-8-10(14)9-6-4-5-7-11(9)15-12/h9,11-12H,4-8H2,1-3H3/t9-,11-,12-/m1/s1. The fourth-order valence-corrected chi connectivity index (χ4v) is 2.73. The van der Waals surface area contributed by atoms with Gasteiger partial charge in [-0.05, 0) is 18.3 Å². The largest absolute Gasteiger partial charge is 0.373 e. The molecule has 0 bridgehead atoms. The van der Waals surface area contributed by atoms with Gasteiger partial charge in [0.25, 0.3) is 0 Å². The van der Waals surface area contributed by atoms with E-state index < -0.39 is 0 Å². The van der Waals surface area contributed by atoms with Crippen LogP contribution in [0.1, 0.15) is 52.9 Å². The Kier molecular flexibility index (Phi) is 2.89. The maximum Gasteiger partial charge on any atom is 0.141 e. The van der Waals surface area contributed by atoms with Crippen LogP contribution < -0.4 is 0 Å². The predicted molar refractivity (Wildman–Crippen MR) is 59.7 cm³/mol. The van der Waals surface area contributed by atoms with Gasteiger partial charge in [-0.3, -0.25) is 4.79 Å². The summed E-state index contributed by atoms with van der Waals surface area (Å²) in [7, 11) is 0. The van der Waals surface area contributed by atoms with Crippen LogP contribution in [0.5, 0.6) is 0 Å². The summed E-state index contributed by atoms with van der Waals surface area (Å²) >= 11 is 0. The van der Waals surface area contributed by atoms with Crippen LogP contribution in [0.4, 0.5) is 0 Å². The lowest BCUT2D eigenvalue weighted by Crippen LogP contribution is -2.47. The second kappa shape index (κ2) is 3.89. The highest BCUT2D eigenvalue weighted by molar-refractivity contribution is 5.82. The van der Waals surface area contributed by atoms with Crippen LogP contribution in [0.25, 0.3) is 0 Å². The van der Waals surface area contributed by atoms with Crippen molar-refractivity contribution in [1.29, 1.82) is 0 Å². The van der Waals surface area contributed by atoms with Crippen LogP contribution in [0, 0.1) is 11.3 Å². The van der Waals surface area contributed by atoms with E-state index in [1.807, 2.05) is 0 Å². The van der Waals surface area contributed by atoms with E-state index in [9.17, 15) is 4.79 Å². The Balaban J connectivity index is 2.08. The van der Waals surface area contributed by atoms with Crippen molar-refractivity contribution in [2.75, 3.05) is 0 Å². The van der Waals surface area contributed by atoms with Crippen LogP contribution in [-0.4, -0.2) is 18.0 Å². The van der Waals surface area contributed by atoms with Gasteiger partial charge in [0.15, 0.2) is 0 Å². The van der Waals surface area contributed by atoms with Crippen molar-refractivity contribution in [1.82, 2.24) is 0 Å². The van der Waals surface area contributed by atoms with Gasteiger partial charge in [-0.1, -0.05) is 33.6 Å². The molecule has 0 unspecified atom stereocenters. The van der Waals surface area contributed by atoms with Gasteiger partial charge >= 0.3 is 0 Å². The molecule has 86 valence electrons. The average Bonchev–Trinajstić information content (AvgIpc) is 2.16. The normalized spacial score (nSPS) is 37.5. The van der Waals surface area contributed by atoms with E-state index in [1.54, 1.807) is 0 Å². The van der Waals surface area contributed by atoms with Crippen LogP contribution in [-0.2, 0) is 9.53 Å². The minimum absolute atomic E-state index is 0.0953. The lowest BCUT2D eigenvalue weighted by atomic mass is 9.75. The molecule has 2 fully saturated rings. The molecule has 0 aromatic rings. The fourth-order valence-electron chi connectivity index (χ4n) is 2.73. The quantitative estimate of drug-likeness (QED) is 0.614. The molecule has 2 aliphatic rings. The number of hydrogen-bond acceptors (Lipinski definition) is 2. The Morgan fingerprint density at radius 1 is 1.20 bits per heavy atom. The van der Waals surface area contributed by atoms with E-state index in [0.29, 0.717) is 12.2 Å². The number of rotatable bonds is 0. The van der Waals surface area contributed by atoms with E-state index in [4.69, 9.17) is 4.74 Å². The summed E-state index contributed by atoms with van der Waals surface area (Å²) in [6.45, 7) is 6.48. The number of hydrogen-bond donors (Lipinski definition) is 0. The number of Topliss-reactive ketones (excluding diaryl/α,β-unsaturated/α-hetero) is 1. The van der Waals surface area contributed by atoms with Gasteiger partial charge in [0.1, 0.15) is 5.78 Å². The summed E-state index contributed by atoms with van der Waals surface area (Å²) in [5.74, 6) is 0.670. The van der Waals surface area contributed by atoms with Gasteiger partial charge < -0.3 is 4.74 Å². The molecule has 0 spiro atoms. The van der Waals surface area contributed by atoms with Crippen molar-refractivity contribution in [2.45, 2.75) is 65.1 Å². The molecule has 2 nitrogen and oxygen atoms in total. The molecule has 1 aliphatic heterocycles. The first-order valence-corrected chi connectivity index (χ1v) is 6.16. The molecule has 1 saturated carbocycles. The summed E-state index contributed by atoms with van der Waals surface area (Å²) < 4.78 is 6.10. The summed E-state index contributed by atoms with van der Waals surface area (Å²) in [4.78, 5) is 12.0. The third kappa shape index (κ3) is 2.25. The molecule has 0 aromatic carbocycles. The van der Waals surface area contributed by atoms with E-state index in [-0.39, 0.29) is 23.5 Å². The second-order valence-corrected chi connectivity index (χ2v) is 6.09. The number of ether oxygens (including phenoxy) is 1. The lowest BCUT2D eigenvalue weighted by Gasteiger charge is -2.43. The predicted octanol–water partition coefficient (Wildman–Crippen LogP) is 2.95. The fraction of sp³-hybridized carbons (Fsp3) is 0.923. The highest BCUT2D eigenvalue weighted by atomic mass is 16.5. The Morgan fingerprint density at radius 2 is 1.87 bits per heavy atom. The Hall–Kier alpha value is -0.370. The molecule has 0 aromatic heterocycles. The summed E-state index contributed by atoms with van der Waals surface area (Å²) in [5, 5.41) is 0. The molecule has 1 heterocycles. The minimum Gasteiger partial charge on any atom is -0.373 e. The van der Waals surface area contributed by atoms with Crippen molar-refractivity contribution in [3.05, 3.63) is 0 Å². The number of fused-ring (bicyclic) bond motifs is 1. The Morgan fingerprint density at radius 3 is 2.53 bits per heavy atom. The average molecular weight is 210 g/mol. The summed E-state index contributed by atoms with van der Waals surface area (Å²) in [6.07, 6.45) is 5.56. The molecule has 1 aliphatic carbocycles. The van der Waals surface area contributed by atoms with Crippen molar-refractivity contribution >= 4 is 5.78 Å². The third-order valence-electron chi connectivity index (χ3n) is 3.81. The Labute approximate surface area is 92.4 Å². The molecule has 1 saturated heterocycles. The van der Waals surface area contributed by atoms with E-state index in [1.165, 1.54) is 12.8 Å². The lowest BCUT2D eigenvalue weighted by molar-refractivity contribution is -0.162. The Bertz CT molecular complexity index is 252. The van der Waals surface area contributed by atoms with Gasteiger partial charge in [-0.15, -0.1) is 0 Å². The minimum atomic E-state index is 0.0953. The third-order valence-corrected chi connectivity index (χ3v) is 3.81. The van der Waals surface area contributed by atoms with E-state index >= 15 is 0 Å². The zero-order chi connectivity index (χ0) is 11.1. The number of carbonyl (C=O) groups is 1. The molecule has 0 radical (unpaired) electrons. The molecule has 0 amide bonds. The molecule has 3 atom stereocenters. The van der Waals surface area contributed by atoms with Crippen molar-refractivity contribution in [3.8, 4) is 0 Å². The molecular formula is C13H22O2. The van der Waals surface area contributed by atoms with Crippen LogP contribution in [0.2, 0.25) is 0 Å². The molecule has 15 heavy (non-hydrogen) atoms. The zero-order valence-corrected chi connectivity index (χ0v) is 10.1. The zero-order valence-electron chi connectivity index (χ0n) is 10.1. The van der Waals surface area contributed by atoms with E-state index in [2.05, 4.69) is 20.8 Å². The molecular weight excluding hydrogens is 188 g/mol. The summed E-state index contributed by atoms with van der Waals surface area (Å²) in [5.41, 5.74) is 0.0953. The van der Waals surface area contributed by atoms with Gasteiger partial charge in [-0.2, -0.15) is 0 Å².